The lowest BCUT2D eigenvalue weighted by molar-refractivity contribution is -0.0390. The van der Waals surface area contributed by atoms with Crippen LogP contribution in [0.3, 0.4) is 0 Å². The SMILES string of the molecule is CCC(C)=Nc1c(C)cc(C2(O)CCC2)cc1F. The maximum atomic E-state index is 14.1. The molecule has 0 aromatic heterocycles. The van der Waals surface area contributed by atoms with Gasteiger partial charge in [0.05, 0.1) is 5.60 Å². The van der Waals surface area contributed by atoms with Gasteiger partial charge in [0.15, 0.2) is 0 Å². The van der Waals surface area contributed by atoms with E-state index in [1.165, 1.54) is 6.07 Å². The molecule has 0 aliphatic heterocycles. The van der Waals surface area contributed by atoms with E-state index in [4.69, 9.17) is 0 Å². The van der Waals surface area contributed by atoms with Crippen molar-refractivity contribution < 1.29 is 9.50 Å². The van der Waals surface area contributed by atoms with Crippen LogP contribution in [0, 0.1) is 12.7 Å². The second-order valence-electron chi connectivity index (χ2n) is 5.21. The number of nitrogens with zero attached hydrogens (tertiary/aromatic N) is 1. The molecule has 2 nitrogen and oxygen atoms in total. The van der Waals surface area contributed by atoms with E-state index in [1.807, 2.05) is 26.8 Å². The monoisotopic (exact) mass is 249 g/mol. The van der Waals surface area contributed by atoms with E-state index in [0.29, 0.717) is 11.3 Å². The van der Waals surface area contributed by atoms with Crippen molar-refractivity contribution in [2.45, 2.75) is 52.1 Å². The van der Waals surface area contributed by atoms with Crippen LogP contribution in [0.2, 0.25) is 0 Å². The number of aryl methyl sites for hydroxylation is 1. The van der Waals surface area contributed by atoms with Crippen molar-refractivity contribution in [3.05, 3.63) is 29.1 Å². The molecule has 1 aliphatic carbocycles. The number of rotatable bonds is 3. The van der Waals surface area contributed by atoms with Crippen LogP contribution in [0.15, 0.2) is 17.1 Å². The number of aliphatic imine (C=N–C) groups is 1. The van der Waals surface area contributed by atoms with Gasteiger partial charge in [0, 0.05) is 5.71 Å². The Balaban J connectivity index is 2.41. The summed E-state index contributed by atoms with van der Waals surface area (Å²) in [5.74, 6) is -0.335. The summed E-state index contributed by atoms with van der Waals surface area (Å²) < 4.78 is 14.1. The van der Waals surface area contributed by atoms with Crippen molar-refractivity contribution >= 4 is 11.4 Å². The Morgan fingerprint density at radius 2 is 2.11 bits per heavy atom. The summed E-state index contributed by atoms with van der Waals surface area (Å²) in [5.41, 5.74) is 1.98. The van der Waals surface area contributed by atoms with Gasteiger partial charge in [-0.3, -0.25) is 4.99 Å². The summed E-state index contributed by atoms with van der Waals surface area (Å²) in [6.07, 6.45) is 3.27. The molecule has 1 aliphatic rings. The van der Waals surface area contributed by atoms with Crippen LogP contribution in [-0.4, -0.2) is 10.8 Å². The highest BCUT2D eigenvalue weighted by Crippen LogP contribution is 2.42. The summed E-state index contributed by atoms with van der Waals surface area (Å²) in [7, 11) is 0. The Hall–Kier alpha value is -1.22. The number of benzene rings is 1. The number of hydrogen-bond donors (Lipinski definition) is 1. The van der Waals surface area contributed by atoms with Crippen LogP contribution < -0.4 is 0 Å². The Morgan fingerprint density at radius 3 is 2.56 bits per heavy atom. The molecule has 2 rings (SSSR count). The molecule has 0 saturated heterocycles. The topological polar surface area (TPSA) is 32.6 Å². The fourth-order valence-corrected chi connectivity index (χ4v) is 2.22. The van der Waals surface area contributed by atoms with Gasteiger partial charge in [0.2, 0.25) is 0 Å². The summed E-state index contributed by atoms with van der Waals surface area (Å²) in [6, 6.07) is 3.30. The predicted octanol–water partition coefficient (Wildman–Crippen LogP) is 4.01. The Kier molecular flexibility index (Phi) is 3.53. The molecule has 0 bridgehead atoms. The van der Waals surface area contributed by atoms with Crippen molar-refractivity contribution in [1.29, 1.82) is 0 Å². The molecule has 0 unspecified atom stereocenters. The summed E-state index contributed by atoms with van der Waals surface area (Å²) in [6.45, 7) is 5.74. The number of hydrogen-bond acceptors (Lipinski definition) is 2. The van der Waals surface area contributed by atoms with Crippen molar-refractivity contribution in [2.75, 3.05) is 0 Å². The maximum absolute atomic E-state index is 14.1. The first-order chi connectivity index (χ1) is 8.46. The first kappa shape index (κ1) is 13.2. The van der Waals surface area contributed by atoms with Gasteiger partial charge in [-0.05, 0) is 56.7 Å². The predicted molar refractivity (Wildman–Crippen MR) is 71.9 cm³/mol. The minimum atomic E-state index is -0.812. The minimum Gasteiger partial charge on any atom is -0.385 e. The van der Waals surface area contributed by atoms with Crippen molar-refractivity contribution in [3.8, 4) is 0 Å². The van der Waals surface area contributed by atoms with Crippen LogP contribution >= 0.6 is 0 Å². The van der Waals surface area contributed by atoms with E-state index in [9.17, 15) is 9.50 Å². The lowest BCUT2D eigenvalue weighted by Crippen LogP contribution is -2.33. The van der Waals surface area contributed by atoms with Gasteiger partial charge in [-0.2, -0.15) is 0 Å². The van der Waals surface area contributed by atoms with Gasteiger partial charge in [0.1, 0.15) is 11.5 Å². The molecule has 0 spiro atoms. The molecule has 0 amide bonds. The molecule has 1 aromatic rings. The molecular formula is C15H20FNO. The quantitative estimate of drug-likeness (QED) is 0.807. The Bertz CT molecular complexity index is 466. The standard InChI is InChI=1S/C15H20FNO/c1-4-11(3)17-14-10(2)8-12(9-13(14)16)15(18)6-5-7-15/h8-9,18H,4-7H2,1-3H3. The molecule has 1 N–H and O–H groups in total. The molecule has 18 heavy (non-hydrogen) atoms. The highest BCUT2D eigenvalue weighted by molar-refractivity contribution is 5.84. The Labute approximate surface area is 108 Å². The van der Waals surface area contributed by atoms with E-state index in [-0.39, 0.29) is 5.82 Å². The maximum Gasteiger partial charge on any atom is 0.149 e. The third kappa shape index (κ3) is 2.32. The summed E-state index contributed by atoms with van der Waals surface area (Å²) >= 11 is 0. The van der Waals surface area contributed by atoms with Gasteiger partial charge < -0.3 is 5.11 Å². The van der Waals surface area contributed by atoms with Crippen molar-refractivity contribution in [2.24, 2.45) is 4.99 Å². The van der Waals surface area contributed by atoms with Crippen LogP contribution in [0.1, 0.15) is 50.7 Å². The smallest absolute Gasteiger partial charge is 0.149 e. The highest BCUT2D eigenvalue weighted by atomic mass is 19.1. The van der Waals surface area contributed by atoms with Gasteiger partial charge in [-0.1, -0.05) is 13.0 Å². The average Bonchev–Trinajstić information content (AvgIpc) is 2.30. The highest BCUT2D eigenvalue weighted by Gasteiger charge is 2.36. The lowest BCUT2D eigenvalue weighted by Gasteiger charge is -2.37. The van der Waals surface area contributed by atoms with Crippen molar-refractivity contribution in [3.63, 3.8) is 0 Å². The summed E-state index contributed by atoms with van der Waals surface area (Å²) in [4.78, 5) is 4.30. The molecular weight excluding hydrogens is 229 g/mol. The average molecular weight is 249 g/mol. The first-order valence-electron chi connectivity index (χ1n) is 6.53. The molecule has 0 heterocycles. The number of halogens is 1. The third-order valence-corrected chi connectivity index (χ3v) is 3.79. The summed E-state index contributed by atoms with van der Waals surface area (Å²) in [5, 5.41) is 10.2. The van der Waals surface area contributed by atoms with Gasteiger partial charge >= 0.3 is 0 Å². The van der Waals surface area contributed by atoms with E-state index in [2.05, 4.69) is 4.99 Å². The van der Waals surface area contributed by atoms with Crippen LogP contribution in [-0.2, 0) is 5.60 Å². The molecule has 3 heteroatoms. The zero-order valence-corrected chi connectivity index (χ0v) is 11.3. The van der Waals surface area contributed by atoms with Gasteiger partial charge in [-0.15, -0.1) is 0 Å². The van der Waals surface area contributed by atoms with E-state index >= 15 is 0 Å². The molecule has 0 radical (unpaired) electrons. The zero-order chi connectivity index (χ0) is 13.3. The van der Waals surface area contributed by atoms with Crippen LogP contribution in [0.5, 0.6) is 0 Å². The molecule has 1 fully saturated rings. The minimum absolute atomic E-state index is 0.335. The zero-order valence-electron chi connectivity index (χ0n) is 11.3. The number of aliphatic hydroxyl groups is 1. The second kappa shape index (κ2) is 4.81. The van der Waals surface area contributed by atoms with E-state index in [1.54, 1.807) is 0 Å². The fraction of sp³-hybridized carbons (Fsp3) is 0.533. The van der Waals surface area contributed by atoms with Crippen LogP contribution in [0.25, 0.3) is 0 Å². The van der Waals surface area contributed by atoms with Crippen molar-refractivity contribution in [1.82, 2.24) is 0 Å². The second-order valence-corrected chi connectivity index (χ2v) is 5.21. The van der Waals surface area contributed by atoms with Gasteiger partial charge in [0.25, 0.3) is 0 Å². The van der Waals surface area contributed by atoms with E-state index in [0.717, 1.165) is 37.0 Å². The van der Waals surface area contributed by atoms with E-state index < -0.39 is 5.60 Å². The third-order valence-electron chi connectivity index (χ3n) is 3.79. The molecule has 0 atom stereocenters. The largest absolute Gasteiger partial charge is 0.385 e. The molecule has 1 aromatic carbocycles. The Morgan fingerprint density at radius 1 is 1.44 bits per heavy atom. The fourth-order valence-electron chi connectivity index (χ4n) is 2.22. The normalized spacial score (nSPS) is 18.6. The lowest BCUT2D eigenvalue weighted by atomic mass is 9.75. The first-order valence-corrected chi connectivity index (χ1v) is 6.53. The van der Waals surface area contributed by atoms with Crippen LogP contribution in [0.4, 0.5) is 10.1 Å². The molecule has 1 saturated carbocycles. The molecule has 98 valence electrons. The van der Waals surface area contributed by atoms with Gasteiger partial charge in [-0.25, -0.2) is 4.39 Å².